The van der Waals surface area contributed by atoms with Gasteiger partial charge in [0.15, 0.2) is 0 Å². The van der Waals surface area contributed by atoms with Crippen molar-refractivity contribution >= 4 is 31.9 Å². The van der Waals surface area contributed by atoms with Crippen molar-refractivity contribution in [3.8, 4) is 0 Å². The third kappa shape index (κ3) is 4.76. The number of carbonyl (C=O) groups is 1. The summed E-state index contributed by atoms with van der Waals surface area (Å²) in [6.45, 7) is 3.45. The van der Waals surface area contributed by atoms with Crippen LogP contribution in [-0.2, 0) is 14.8 Å². The molecular weight excluding hydrogens is 432 g/mol. The van der Waals surface area contributed by atoms with Gasteiger partial charge in [-0.1, -0.05) is 35.0 Å². The quantitative estimate of drug-likeness (QED) is 0.756. The van der Waals surface area contributed by atoms with E-state index >= 15 is 0 Å². The summed E-state index contributed by atoms with van der Waals surface area (Å²) in [5.74, 6) is -0.132. The highest BCUT2D eigenvalue weighted by Crippen LogP contribution is 2.25. The Labute approximate surface area is 167 Å². The number of halogens is 1. The van der Waals surface area contributed by atoms with Crippen molar-refractivity contribution in [2.45, 2.75) is 17.9 Å². The van der Waals surface area contributed by atoms with E-state index in [4.69, 9.17) is 4.74 Å². The molecule has 0 saturated carbocycles. The van der Waals surface area contributed by atoms with Gasteiger partial charge in [-0.25, -0.2) is 13.1 Å². The molecule has 2 aromatic rings. The Hall–Kier alpha value is -1.74. The summed E-state index contributed by atoms with van der Waals surface area (Å²) in [5.41, 5.74) is 1.48. The summed E-state index contributed by atoms with van der Waals surface area (Å²) in [7, 11) is -3.52. The van der Waals surface area contributed by atoms with E-state index in [2.05, 4.69) is 20.7 Å². The first kappa shape index (κ1) is 20.0. The van der Waals surface area contributed by atoms with Gasteiger partial charge in [-0.15, -0.1) is 0 Å². The number of rotatable bonds is 5. The third-order valence-corrected chi connectivity index (χ3v) is 6.43. The van der Waals surface area contributed by atoms with Crippen molar-refractivity contribution in [1.82, 2.24) is 9.62 Å². The zero-order valence-corrected chi connectivity index (χ0v) is 17.3. The molecule has 3 rings (SSSR count). The van der Waals surface area contributed by atoms with Crippen LogP contribution >= 0.6 is 15.9 Å². The number of hydrogen-bond donors (Lipinski definition) is 1. The first-order valence-electron chi connectivity index (χ1n) is 8.67. The summed E-state index contributed by atoms with van der Waals surface area (Å²) < 4.78 is 33.3. The molecule has 0 aliphatic carbocycles. The molecule has 0 aromatic heterocycles. The molecule has 1 unspecified atom stereocenters. The first-order valence-corrected chi connectivity index (χ1v) is 10.9. The molecule has 144 valence electrons. The van der Waals surface area contributed by atoms with Gasteiger partial charge >= 0.3 is 0 Å². The molecule has 1 atom stereocenters. The van der Waals surface area contributed by atoms with Crippen LogP contribution in [0.1, 0.15) is 28.9 Å². The zero-order valence-electron chi connectivity index (χ0n) is 14.9. The molecule has 1 amide bonds. The Morgan fingerprint density at radius 2 is 1.85 bits per heavy atom. The van der Waals surface area contributed by atoms with E-state index in [1.165, 1.54) is 12.1 Å². The third-order valence-electron chi connectivity index (χ3n) is 4.34. The van der Waals surface area contributed by atoms with E-state index in [1.807, 2.05) is 24.3 Å². The normalized spacial score (nSPS) is 17.7. The molecule has 1 saturated heterocycles. The van der Waals surface area contributed by atoms with Crippen molar-refractivity contribution in [3.63, 3.8) is 0 Å². The maximum atomic E-state index is 12.8. The van der Waals surface area contributed by atoms with Gasteiger partial charge in [0.1, 0.15) is 6.10 Å². The number of sulfonamides is 1. The van der Waals surface area contributed by atoms with Crippen molar-refractivity contribution < 1.29 is 17.9 Å². The van der Waals surface area contributed by atoms with Crippen LogP contribution in [0.15, 0.2) is 57.9 Å². The molecule has 1 heterocycles. The Kier molecular flexibility index (Phi) is 6.31. The maximum Gasteiger partial charge on any atom is 0.254 e. The van der Waals surface area contributed by atoms with Crippen LogP contribution in [-0.4, -0.2) is 45.5 Å². The van der Waals surface area contributed by atoms with E-state index in [-0.39, 0.29) is 16.9 Å². The van der Waals surface area contributed by atoms with E-state index in [0.29, 0.717) is 31.8 Å². The number of ether oxygens (including phenoxy) is 1. The van der Waals surface area contributed by atoms with Gasteiger partial charge in [0.05, 0.1) is 18.0 Å². The molecule has 6 nitrogen and oxygen atoms in total. The molecule has 27 heavy (non-hydrogen) atoms. The molecule has 0 radical (unpaired) electrons. The molecule has 0 bridgehead atoms. The van der Waals surface area contributed by atoms with Gasteiger partial charge < -0.3 is 9.64 Å². The second-order valence-corrected chi connectivity index (χ2v) is 8.87. The Bertz CT molecular complexity index is 898. The summed E-state index contributed by atoms with van der Waals surface area (Å²) in [5, 5.41) is 0. The molecular formula is C19H21BrN2O4S. The van der Waals surface area contributed by atoms with Crippen molar-refractivity contribution in [2.75, 3.05) is 26.2 Å². The lowest BCUT2D eigenvalue weighted by molar-refractivity contribution is -0.0228. The number of morpholine rings is 1. The highest BCUT2D eigenvalue weighted by atomic mass is 79.9. The van der Waals surface area contributed by atoms with Gasteiger partial charge in [-0.05, 0) is 42.0 Å². The summed E-state index contributed by atoms with van der Waals surface area (Å²) in [6, 6.07) is 13.9. The van der Waals surface area contributed by atoms with E-state index in [1.54, 1.807) is 24.0 Å². The van der Waals surface area contributed by atoms with E-state index < -0.39 is 10.0 Å². The number of amides is 1. The molecule has 0 spiro atoms. The predicted octanol–water partition coefficient (Wildman–Crippen LogP) is 2.96. The fraction of sp³-hybridized carbons (Fsp3) is 0.316. The number of nitrogens with zero attached hydrogens (tertiary/aromatic N) is 1. The average Bonchev–Trinajstić information content (AvgIpc) is 2.68. The van der Waals surface area contributed by atoms with Gasteiger partial charge in [0.2, 0.25) is 10.0 Å². The average molecular weight is 453 g/mol. The number of carbonyl (C=O) groups excluding carboxylic acids is 1. The van der Waals surface area contributed by atoms with E-state index in [9.17, 15) is 13.2 Å². The minimum Gasteiger partial charge on any atom is -0.370 e. The van der Waals surface area contributed by atoms with Crippen LogP contribution < -0.4 is 4.72 Å². The summed E-state index contributed by atoms with van der Waals surface area (Å²) in [6.07, 6.45) is -0.177. The lowest BCUT2D eigenvalue weighted by Crippen LogP contribution is -2.42. The fourth-order valence-electron chi connectivity index (χ4n) is 2.95. The molecule has 8 heteroatoms. The largest absolute Gasteiger partial charge is 0.370 e. The molecule has 1 N–H and O–H groups in total. The SMILES string of the molecule is CCNS(=O)(=O)c1ccc(C(=O)N2CCOC(c3ccc(Br)cc3)C2)cc1. The van der Waals surface area contributed by atoms with Crippen LogP contribution in [0.4, 0.5) is 0 Å². The van der Waals surface area contributed by atoms with Gasteiger partial charge in [-0.2, -0.15) is 0 Å². The van der Waals surface area contributed by atoms with Crippen LogP contribution in [0.5, 0.6) is 0 Å². The van der Waals surface area contributed by atoms with Crippen LogP contribution in [0.3, 0.4) is 0 Å². The van der Waals surface area contributed by atoms with Gasteiger partial charge in [0.25, 0.3) is 5.91 Å². The van der Waals surface area contributed by atoms with Crippen LogP contribution in [0, 0.1) is 0 Å². The molecule has 1 aliphatic heterocycles. The summed E-state index contributed by atoms with van der Waals surface area (Å²) in [4.78, 5) is 14.7. The van der Waals surface area contributed by atoms with Gasteiger partial charge in [0, 0.05) is 23.1 Å². The lowest BCUT2D eigenvalue weighted by atomic mass is 10.1. The minimum absolute atomic E-state index is 0.132. The van der Waals surface area contributed by atoms with Crippen LogP contribution in [0.25, 0.3) is 0 Å². The molecule has 1 aliphatic rings. The Balaban J connectivity index is 1.72. The maximum absolute atomic E-state index is 12.8. The molecule has 2 aromatic carbocycles. The van der Waals surface area contributed by atoms with Crippen molar-refractivity contribution in [1.29, 1.82) is 0 Å². The number of hydrogen-bond acceptors (Lipinski definition) is 4. The minimum atomic E-state index is -3.52. The zero-order chi connectivity index (χ0) is 19.4. The standard InChI is InChI=1S/C19H21BrN2O4S/c1-2-21-27(24,25)17-9-5-15(6-10-17)19(23)22-11-12-26-18(13-22)14-3-7-16(20)8-4-14/h3-10,18,21H,2,11-13H2,1H3. The smallest absolute Gasteiger partial charge is 0.254 e. The van der Waals surface area contributed by atoms with Crippen LogP contribution in [0.2, 0.25) is 0 Å². The predicted molar refractivity (Wildman–Crippen MR) is 106 cm³/mol. The summed E-state index contributed by atoms with van der Waals surface area (Å²) >= 11 is 3.41. The first-order chi connectivity index (χ1) is 12.9. The van der Waals surface area contributed by atoms with E-state index in [0.717, 1.165) is 10.0 Å². The Morgan fingerprint density at radius 3 is 2.48 bits per heavy atom. The lowest BCUT2D eigenvalue weighted by Gasteiger charge is -2.33. The second kappa shape index (κ2) is 8.52. The highest BCUT2D eigenvalue weighted by Gasteiger charge is 2.26. The highest BCUT2D eigenvalue weighted by molar-refractivity contribution is 9.10. The fourth-order valence-corrected chi connectivity index (χ4v) is 4.25. The number of nitrogens with one attached hydrogen (secondary N) is 1. The second-order valence-electron chi connectivity index (χ2n) is 6.19. The van der Waals surface area contributed by atoms with Gasteiger partial charge in [-0.3, -0.25) is 4.79 Å². The molecule has 1 fully saturated rings. The van der Waals surface area contributed by atoms with Crippen molar-refractivity contribution in [2.24, 2.45) is 0 Å². The van der Waals surface area contributed by atoms with Crippen molar-refractivity contribution in [3.05, 3.63) is 64.1 Å². The topological polar surface area (TPSA) is 75.7 Å². The monoisotopic (exact) mass is 452 g/mol. The number of benzene rings is 2. The Morgan fingerprint density at radius 1 is 1.19 bits per heavy atom.